The number of hydrogen-bond acceptors (Lipinski definition) is 7. The van der Waals surface area contributed by atoms with Gasteiger partial charge >= 0.3 is 5.97 Å². The molecule has 0 aliphatic carbocycles. The highest BCUT2D eigenvalue weighted by molar-refractivity contribution is 7.89. The first kappa shape index (κ1) is 23.5. The average molecular weight is 455 g/mol. The number of benzene rings is 1. The van der Waals surface area contributed by atoms with Gasteiger partial charge in [0.15, 0.2) is 0 Å². The normalized spacial score (nSPS) is 20.3. The molecule has 2 saturated heterocycles. The Hall–Kier alpha value is -2.17. The van der Waals surface area contributed by atoms with Crippen molar-refractivity contribution in [1.82, 2.24) is 9.21 Å². The van der Waals surface area contributed by atoms with Crippen LogP contribution in [-0.4, -0.2) is 82.6 Å². The predicted octanol–water partition coefficient (Wildman–Crippen LogP) is 1.06. The average Bonchev–Trinajstić information content (AvgIpc) is 2.80. The van der Waals surface area contributed by atoms with Gasteiger partial charge in [0.2, 0.25) is 15.9 Å². The van der Waals surface area contributed by atoms with Crippen LogP contribution in [0.1, 0.15) is 25.3 Å². The Kier molecular flexibility index (Phi) is 7.90. The molecule has 172 valence electrons. The molecule has 31 heavy (non-hydrogen) atoms. The lowest BCUT2D eigenvalue weighted by Crippen LogP contribution is -2.43. The van der Waals surface area contributed by atoms with Gasteiger partial charge in [-0.3, -0.25) is 9.59 Å². The van der Waals surface area contributed by atoms with E-state index in [1.165, 1.54) is 17.5 Å². The fourth-order valence-corrected chi connectivity index (χ4v) is 5.52. The second kappa shape index (κ2) is 10.4. The lowest BCUT2D eigenvalue weighted by Gasteiger charge is -2.31. The second-order valence-electron chi connectivity index (χ2n) is 7.61. The third-order valence-electron chi connectivity index (χ3n) is 5.57. The topological polar surface area (TPSA) is 102 Å². The van der Waals surface area contributed by atoms with Crippen LogP contribution in [0.25, 0.3) is 0 Å². The molecule has 2 aliphatic heterocycles. The van der Waals surface area contributed by atoms with Crippen LogP contribution in [0.15, 0.2) is 23.1 Å². The van der Waals surface area contributed by atoms with E-state index in [1.54, 1.807) is 24.0 Å². The first-order chi connectivity index (χ1) is 14.9. The van der Waals surface area contributed by atoms with Crippen molar-refractivity contribution in [1.29, 1.82) is 0 Å². The van der Waals surface area contributed by atoms with Crippen LogP contribution in [0.2, 0.25) is 0 Å². The highest BCUT2D eigenvalue weighted by Crippen LogP contribution is 2.29. The van der Waals surface area contributed by atoms with Gasteiger partial charge in [0.25, 0.3) is 0 Å². The number of morpholine rings is 1. The molecule has 0 N–H and O–H groups in total. The van der Waals surface area contributed by atoms with Gasteiger partial charge in [0, 0.05) is 26.2 Å². The minimum atomic E-state index is -3.77. The van der Waals surface area contributed by atoms with Crippen LogP contribution in [0.4, 0.5) is 0 Å². The molecule has 2 aliphatic rings. The highest BCUT2D eigenvalue weighted by Gasteiger charge is 2.31. The Bertz CT molecular complexity index is 897. The Morgan fingerprint density at radius 1 is 1.19 bits per heavy atom. The monoisotopic (exact) mass is 454 g/mol. The van der Waals surface area contributed by atoms with Crippen molar-refractivity contribution in [2.45, 2.75) is 31.1 Å². The van der Waals surface area contributed by atoms with Crippen LogP contribution < -0.4 is 4.74 Å². The summed E-state index contributed by atoms with van der Waals surface area (Å²) in [5, 5.41) is 0. The van der Waals surface area contributed by atoms with Crippen molar-refractivity contribution in [3.8, 4) is 5.75 Å². The third kappa shape index (κ3) is 5.55. The molecule has 10 heteroatoms. The maximum atomic E-state index is 13.1. The van der Waals surface area contributed by atoms with Crippen molar-refractivity contribution < 1.29 is 32.2 Å². The summed E-state index contributed by atoms with van der Waals surface area (Å²) >= 11 is 0. The Balaban J connectivity index is 1.75. The molecule has 0 unspecified atom stereocenters. The fraction of sp³-hybridized carbons (Fsp3) is 0.619. The van der Waals surface area contributed by atoms with Crippen molar-refractivity contribution in [3.63, 3.8) is 0 Å². The molecule has 1 atom stereocenters. The fourth-order valence-electron chi connectivity index (χ4n) is 3.90. The van der Waals surface area contributed by atoms with E-state index in [0.29, 0.717) is 44.9 Å². The summed E-state index contributed by atoms with van der Waals surface area (Å²) in [4.78, 5) is 26.6. The number of methoxy groups -OCH3 is 1. The van der Waals surface area contributed by atoms with Gasteiger partial charge in [-0.25, -0.2) is 8.42 Å². The summed E-state index contributed by atoms with van der Waals surface area (Å²) in [7, 11) is -2.35. The van der Waals surface area contributed by atoms with Gasteiger partial charge in [-0.15, -0.1) is 0 Å². The number of piperidine rings is 1. The quantitative estimate of drug-likeness (QED) is 0.568. The molecule has 1 amide bonds. The molecule has 1 aromatic rings. The van der Waals surface area contributed by atoms with Gasteiger partial charge in [0.05, 0.1) is 39.3 Å². The Labute approximate surface area is 183 Å². The standard InChI is InChI=1S/C21H30N2O7S/c1-3-30-21(25)17-5-4-8-22(15-17)20(24)14-16-6-7-18(28-2)19(13-16)31(26,27)23-9-11-29-12-10-23/h6-7,13,17H,3-5,8-12,14-15H2,1-2H3/t17-/m1/s1. The second-order valence-corrected chi connectivity index (χ2v) is 9.52. The Morgan fingerprint density at radius 2 is 1.94 bits per heavy atom. The molecule has 9 nitrogen and oxygen atoms in total. The number of rotatable bonds is 7. The SMILES string of the molecule is CCOC(=O)[C@@H]1CCCN(C(=O)Cc2ccc(OC)c(S(=O)(=O)N3CCOCC3)c2)C1. The number of hydrogen-bond donors (Lipinski definition) is 0. The highest BCUT2D eigenvalue weighted by atomic mass is 32.2. The van der Waals surface area contributed by atoms with Crippen molar-refractivity contribution in [3.05, 3.63) is 23.8 Å². The van der Waals surface area contributed by atoms with E-state index in [4.69, 9.17) is 14.2 Å². The summed E-state index contributed by atoms with van der Waals surface area (Å²) in [6.07, 6.45) is 1.48. The van der Waals surface area contributed by atoms with E-state index in [-0.39, 0.29) is 47.9 Å². The van der Waals surface area contributed by atoms with Crippen molar-refractivity contribution in [2.24, 2.45) is 5.92 Å². The molecule has 3 rings (SSSR count). The molecule has 0 bridgehead atoms. The van der Waals surface area contributed by atoms with Gasteiger partial charge in [-0.2, -0.15) is 4.31 Å². The largest absolute Gasteiger partial charge is 0.495 e. The molecule has 0 saturated carbocycles. The number of sulfonamides is 1. The van der Waals surface area contributed by atoms with Crippen LogP contribution in [0.3, 0.4) is 0 Å². The lowest BCUT2D eigenvalue weighted by atomic mass is 9.97. The minimum Gasteiger partial charge on any atom is -0.495 e. The molecule has 1 aromatic carbocycles. The zero-order valence-electron chi connectivity index (χ0n) is 18.0. The predicted molar refractivity (Wildman–Crippen MR) is 112 cm³/mol. The van der Waals surface area contributed by atoms with E-state index in [0.717, 1.165) is 6.42 Å². The van der Waals surface area contributed by atoms with E-state index < -0.39 is 10.0 Å². The smallest absolute Gasteiger partial charge is 0.310 e. The number of nitrogens with zero attached hydrogens (tertiary/aromatic N) is 2. The molecule has 0 radical (unpaired) electrons. The van der Waals surface area contributed by atoms with Crippen LogP contribution in [0, 0.1) is 5.92 Å². The molecular weight excluding hydrogens is 424 g/mol. The number of likely N-dealkylation sites (tertiary alicyclic amines) is 1. The zero-order chi connectivity index (χ0) is 22.4. The maximum absolute atomic E-state index is 13.1. The zero-order valence-corrected chi connectivity index (χ0v) is 18.9. The number of ether oxygens (including phenoxy) is 3. The molecule has 0 spiro atoms. The molecule has 0 aromatic heterocycles. The van der Waals surface area contributed by atoms with Gasteiger partial charge in [-0.05, 0) is 37.5 Å². The van der Waals surface area contributed by atoms with Gasteiger partial charge < -0.3 is 19.1 Å². The van der Waals surface area contributed by atoms with E-state index in [1.807, 2.05) is 0 Å². The van der Waals surface area contributed by atoms with Crippen molar-refractivity contribution in [2.75, 3.05) is 53.1 Å². The minimum absolute atomic E-state index is 0.0465. The third-order valence-corrected chi connectivity index (χ3v) is 7.49. The number of amides is 1. The number of carbonyl (C=O) groups excluding carboxylic acids is 2. The summed E-state index contributed by atoms with van der Waals surface area (Å²) in [5.41, 5.74) is 0.580. The first-order valence-electron chi connectivity index (χ1n) is 10.6. The molecule has 2 fully saturated rings. The van der Waals surface area contributed by atoms with E-state index >= 15 is 0 Å². The van der Waals surface area contributed by atoms with Crippen molar-refractivity contribution >= 4 is 21.9 Å². The van der Waals surface area contributed by atoms with Gasteiger partial charge in [-0.1, -0.05) is 6.07 Å². The number of carbonyl (C=O) groups is 2. The Morgan fingerprint density at radius 3 is 2.61 bits per heavy atom. The van der Waals surface area contributed by atoms with Gasteiger partial charge in [0.1, 0.15) is 10.6 Å². The summed E-state index contributed by atoms with van der Waals surface area (Å²) < 4.78 is 43.3. The summed E-state index contributed by atoms with van der Waals surface area (Å²) in [5.74, 6) is -0.494. The van der Waals surface area contributed by atoms with E-state index in [9.17, 15) is 18.0 Å². The maximum Gasteiger partial charge on any atom is 0.310 e. The number of esters is 1. The summed E-state index contributed by atoms with van der Waals surface area (Å²) in [6, 6.07) is 4.78. The van der Waals surface area contributed by atoms with Crippen LogP contribution in [-0.2, 0) is 35.5 Å². The van der Waals surface area contributed by atoms with Crippen LogP contribution in [0.5, 0.6) is 5.75 Å². The van der Waals surface area contributed by atoms with E-state index in [2.05, 4.69) is 0 Å². The first-order valence-corrected chi connectivity index (χ1v) is 12.0. The molecule has 2 heterocycles. The summed E-state index contributed by atoms with van der Waals surface area (Å²) in [6.45, 7) is 4.21. The lowest BCUT2D eigenvalue weighted by molar-refractivity contribution is -0.151. The molecular formula is C21H30N2O7S. The van der Waals surface area contributed by atoms with Crippen LogP contribution >= 0.6 is 0 Å².